The number of fused-ring (bicyclic) bond motifs is 3. The first-order valence-corrected chi connectivity index (χ1v) is 11.0. The second-order valence-electron chi connectivity index (χ2n) is 8.22. The summed E-state index contributed by atoms with van der Waals surface area (Å²) in [6, 6.07) is 6.12. The summed E-state index contributed by atoms with van der Waals surface area (Å²) in [6.45, 7) is 6.56. The monoisotopic (exact) mass is 412 g/mol. The lowest BCUT2D eigenvalue weighted by Gasteiger charge is -2.26. The molecule has 1 fully saturated rings. The van der Waals surface area contributed by atoms with E-state index in [1.807, 2.05) is 19.1 Å². The predicted octanol–water partition coefficient (Wildman–Crippen LogP) is 4.07. The third-order valence-electron chi connectivity index (χ3n) is 6.27. The summed E-state index contributed by atoms with van der Waals surface area (Å²) in [5.74, 6) is 1.22. The van der Waals surface area contributed by atoms with Crippen molar-refractivity contribution in [3.8, 4) is 22.8 Å². The van der Waals surface area contributed by atoms with Gasteiger partial charge in [0, 0.05) is 24.3 Å². The van der Waals surface area contributed by atoms with E-state index in [2.05, 4.69) is 15.5 Å². The first kappa shape index (κ1) is 20.8. The smallest absolute Gasteiger partial charge is 0.355 e. The van der Waals surface area contributed by atoms with Crippen LogP contribution in [0.15, 0.2) is 18.2 Å². The molecule has 0 radical (unpaired) electrons. The Hall–Kier alpha value is -2.47. The summed E-state index contributed by atoms with van der Waals surface area (Å²) in [6.07, 6.45) is 5.64. The lowest BCUT2D eigenvalue weighted by Crippen LogP contribution is -2.31. The molecule has 1 aromatic heterocycles. The molecule has 162 valence electrons. The number of aryl methyl sites for hydroxylation is 2. The first-order valence-electron chi connectivity index (χ1n) is 11.0. The summed E-state index contributed by atoms with van der Waals surface area (Å²) in [5, 5.41) is 0. The van der Waals surface area contributed by atoms with Gasteiger partial charge in [0.2, 0.25) is 0 Å². The number of hydrogen-bond donors (Lipinski definition) is 0. The summed E-state index contributed by atoms with van der Waals surface area (Å²) in [7, 11) is 3.30. The third kappa shape index (κ3) is 4.06. The fourth-order valence-electron chi connectivity index (χ4n) is 4.71. The molecule has 6 nitrogen and oxygen atoms in total. The normalized spacial score (nSPS) is 16.0. The van der Waals surface area contributed by atoms with E-state index in [4.69, 9.17) is 14.2 Å². The van der Waals surface area contributed by atoms with Gasteiger partial charge in [0.15, 0.2) is 11.5 Å². The van der Waals surface area contributed by atoms with E-state index in [0.717, 1.165) is 48.5 Å². The number of carbonyl (C=O) groups is 1. The minimum absolute atomic E-state index is 0.221. The standard InChI is InChI=1S/C24H32N2O4/c1-17-14-20-19-16-22(29-3)21(28-2)15-18(19)8-12-26(20)23(17)24(27)30-13-7-11-25-9-5-4-6-10-25/h14-16H,4-13H2,1-3H3. The van der Waals surface area contributed by atoms with E-state index in [1.54, 1.807) is 14.2 Å². The topological polar surface area (TPSA) is 52.9 Å². The van der Waals surface area contributed by atoms with Crippen molar-refractivity contribution in [3.05, 3.63) is 35.0 Å². The maximum absolute atomic E-state index is 12.9. The largest absolute Gasteiger partial charge is 0.493 e. The Labute approximate surface area is 178 Å². The van der Waals surface area contributed by atoms with Gasteiger partial charge < -0.3 is 23.7 Å². The average molecular weight is 413 g/mol. The Bertz CT molecular complexity index is 912. The highest BCUT2D eigenvalue weighted by atomic mass is 16.5. The van der Waals surface area contributed by atoms with E-state index in [-0.39, 0.29) is 5.97 Å². The molecule has 0 bridgehead atoms. The Morgan fingerprint density at radius 3 is 2.47 bits per heavy atom. The van der Waals surface area contributed by atoms with Gasteiger partial charge in [0.05, 0.1) is 20.8 Å². The van der Waals surface area contributed by atoms with E-state index < -0.39 is 0 Å². The molecule has 0 aliphatic carbocycles. The van der Waals surface area contributed by atoms with Crippen LogP contribution in [0.3, 0.4) is 0 Å². The second-order valence-corrected chi connectivity index (χ2v) is 8.22. The van der Waals surface area contributed by atoms with Crippen LogP contribution >= 0.6 is 0 Å². The van der Waals surface area contributed by atoms with Gasteiger partial charge in [-0.2, -0.15) is 0 Å². The molecule has 30 heavy (non-hydrogen) atoms. The van der Waals surface area contributed by atoms with Gasteiger partial charge in [-0.15, -0.1) is 0 Å². The van der Waals surface area contributed by atoms with Crippen LogP contribution in [0.25, 0.3) is 11.3 Å². The lowest BCUT2D eigenvalue weighted by atomic mass is 9.97. The molecule has 3 heterocycles. The SMILES string of the molecule is COc1cc2c(cc1OC)-c1cc(C)c(C(=O)OCCCN3CCCCC3)n1CC2. The minimum atomic E-state index is -0.221. The van der Waals surface area contributed by atoms with E-state index in [0.29, 0.717) is 18.1 Å². The Balaban J connectivity index is 1.47. The van der Waals surface area contributed by atoms with Crippen LogP contribution in [0.2, 0.25) is 0 Å². The molecule has 0 atom stereocenters. The molecular formula is C24H32N2O4. The number of likely N-dealkylation sites (tertiary alicyclic amines) is 1. The van der Waals surface area contributed by atoms with Crippen molar-refractivity contribution in [2.24, 2.45) is 0 Å². The molecule has 1 aromatic carbocycles. The van der Waals surface area contributed by atoms with Crippen LogP contribution < -0.4 is 9.47 Å². The van der Waals surface area contributed by atoms with Crippen LogP contribution in [-0.4, -0.2) is 55.9 Å². The highest BCUT2D eigenvalue weighted by Crippen LogP contribution is 2.40. The number of nitrogens with zero attached hydrogens (tertiary/aromatic N) is 2. The molecule has 2 aliphatic heterocycles. The molecule has 0 saturated carbocycles. The quantitative estimate of drug-likeness (QED) is 0.507. The maximum atomic E-state index is 12.9. The molecule has 4 rings (SSSR count). The van der Waals surface area contributed by atoms with Crippen LogP contribution in [0.1, 0.15) is 47.3 Å². The molecular weight excluding hydrogens is 380 g/mol. The number of ether oxygens (including phenoxy) is 3. The number of benzene rings is 1. The average Bonchev–Trinajstić information content (AvgIpc) is 3.12. The van der Waals surface area contributed by atoms with Crippen molar-refractivity contribution >= 4 is 5.97 Å². The number of aromatic nitrogens is 1. The number of esters is 1. The fourth-order valence-corrected chi connectivity index (χ4v) is 4.71. The molecule has 1 saturated heterocycles. The number of carbonyl (C=O) groups excluding carboxylic acids is 1. The van der Waals surface area contributed by atoms with Crippen molar-refractivity contribution in [2.75, 3.05) is 40.5 Å². The van der Waals surface area contributed by atoms with Gasteiger partial charge in [-0.1, -0.05) is 6.42 Å². The van der Waals surface area contributed by atoms with Crippen LogP contribution in [0, 0.1) is 6.92 Å². The van der Waals surface area contributed by atoms with Gasteiger partial charge in [0.25, 0.3) is 0 Å². The minimum Gasteiger partial charge on any atom is -0.493 e. The number of methoxy groups -OCH3 is 2. The highest BCUT2D eigenvalue weighted by molar-refractivity contribution is 5.91. The summed E-state index contributed by atoms with van der Waals surface area (Å²) in [5.41, 5.74) is 4.96. The molecule has 0 N–H and O–H groups in total. The Morgan fingerprint density at radius 1 is 1.00 bits per heavy atom. The fraction of sp³-hybridized carbons (Fsp3) is 0.542. The molecule has 6 heteroatoms. The van der Waals surface area contributed by atoms with E-state index in [1.165, 1.54) is 37.9 Å². The molecule has 2 aliphatic rings. The molecule has 0 spiro atoms. The Kier molecular flexibility index (Phi) is 6.32. The second kappa shape index (κ2) is 9.13. The van der Waals surface area contributed by atoms with Gasteiger partial charge in [0.1, 0.15) is 5.69 Å². The molecule has 0 amide bonds. The van der Waals surface area contributed by atoms with Crippen molar-refractivity contribution in [3.63, 3.8) is 0 Å². The predicted molar refractivity (Wildman–Crippen MR) is 117 cm³/mol. The van der Waals surface area contributed by atoms with Crippen molar-refractivity contribution in [2.45, 2.75) is 45.6 Å². The van der Waals surface area contributed by atoms with E-state index in [9.17, 15) is 4.79 Å². The number of piperidine rings is 1. The van der Waals surface area contributed by atoms with Crippen LogP contribution in [0.5, 0.6) is 11.5 Å². The zero-order valence-electron chi connectivity index (χ0n) is 18.3. The first-order chi connectivity index (χ1) is 14.6. The van der Waals surface area contributed by atoms with Crippen molar-refractivity contribution in [1.29, 1.82) is 0 Å². The molecule has 2 aromatic rings. The van der Waals surface area contributed by atoms with Gasteiger partial charge >= 0.3 is 5.97 Å². The summed E-state index contributed by atoms with van der Waals surface area (Å²) in [4.78, 5) is 15.4. The summed E-state index contributed by atoms with van der Waals surface area (Å²) >= 11 is 0. The number of hydrogen-bond acceptors (Lipinski definition) is 5. The van der Waals surface area contributed by atoms with Gasteiger partial charge in [-0.3, -0.25) is 0 Å². The summed E-state index contributed by atoms with van der Waals surface area (Å²) < 4.78 is 18.7. The third-order valence-corrected chi connectivity index (χ3v) is 6.27. The lowest BCUT2D eigenvalue weighted by molar-refractivity contribution is 0.0472. The molecule has 0 unspecified atom stereocenters. The van der Waals surface area contributed by atoms with E-state index >= 15 is 0 Å². The van der Waals surface area contributed by atoms with Crippen molar-refractivity contribution < 1.29 is 19.0 Å². The Morgan fingerprint density at radius 2 is 1.73 bits per heavy atom. The highest BCUT2D eigenvalue weighted by Gasteiger charge is 2.26. The van der Waals surface area contributed by atoms with Crippen LogP contribution in [-0.2, 0) is 17.7 Å². The van der Waals surface area contributed by atoms with Crippen LogP contribution in [0.4, 0.5) is 0 Å². The zero-order chi connectivity index (χ0) is 21.1. The van der Waals surface area contributed by atoms with Crippen molar-refractivity contribution in [1.82, 2.24) is 9.47 Å². The zero-order valence-corrected chi connectivity index (χ0v) is 18.3. The van der Waals surface area contributed by atoms with Gasteiger partial charge in [-0.25, -0.2) is 4.79 Å². The number of rotatable bonds is 7. The maximum Gasteiger partial charge on any atom is 0.355 e. The van der Waals surface area contributed by atoms with Gasteiger partial charge in [-0.05, 0) is 75.0 Å².